The van der Waals surface area contributed by atoms with Gasteiger partial charge in [0.05, 0.1) is 6.04 Å². The van der Waals surface area contributed by atoms with Crippen LogP contribution in [0.25, 0.3) is 0 Å². The molecule has 3 N–H and O–H groups in total. The molecule has 2 atom stereocenters. The highest BCUT2D eigenvalue weighted by Gasteiger charge is 2.50. The minimum atomic E-state index is -1.19. The Balaban J connectivity index is 2.26. The van der Waals surface area contributed by atoms with Crippen LogP contribution in [-0.2, 0) is 19.1 Å². The van der Waals surface area contributed by atoms with Gasteiger partial charge in [0.25, 0.3) is 0 Å². The van der Waals surface area contributed by atoms with Gasteiger partial charge in [-0.15, -0.1) is 0 Å². The van der Waals surface area contributed by atoms with E-state index < -0.39 is 23.9 Å². The maximum absolute atomic E-state index is 11.6. The van der Waals surface area contributed by atoms with Crippen LogP contribution in [0.3, 0.4) is 0 Å². The molecule has 98 valence electrons. The first-order valence-corrected chi connectivity index (χ1v) is 5.60. The topological polar surface area (TPSA) is 110 Å². The molecular formula is C11H14N2O5. The number of carboxylic acids is 1. The molecule has 0 saturated carbocycles. The largest absolute Gasteiger partial charge is 0.477 e. The van der Waals surface area contributed by atoms with E-state index in [1.807, 2.05) is 0 Å². The van der Waals surface area contributed by atoms with Gasteiger partial charge >= 0.3 is 11.9 Å². The molecule has 1 amide bonds. The van der Waals surface area contributed by atoms with E-state index in [1.54, 1.807) is 0 Å². The summed E-state index contributed by atoms with van der Waals surface area (Å²) in [7, 11) is 0. The molecule has 2 rings (SSSR count). The third kappa shape index (κ3) is 1.86. The zero-order valence-corrected chi connectivity index (χ0v) is 9.88. The molecule has 2 heterocycles. The molecular weight excluding hydrogens is 240 g/mol. The summed E-state index contributed by atoms with van der Waals surface area (Å²) >= 11 is 0. The summed E-state index contributed by atoms with van der Waals surface area (Å²) in [5.41, 5.74) is 5.98. The average Bonchev–Trinajstić information content (AvgIpc) is 2.33. The molecule has 1 unspecified atom stereocenters. The van der Waals surface area contributed by atoms with Gasteiger partial charge in [-0.1, -0.05) is 0 Å². The van der Waals surface area contributed by atoms with Gasteiger partial charge in [0.1, 0.15) is 18.3 Å². The number of carbonyl (C=O) groups excluding carboxylic acids is 2. The number of fused-ring (bicyclic) bond motifs is 1. The highest BCUT2D eigenvalue weighted by molar-refractivity contribution is 6.00. The lowest BCUT2D eigenvalue weighted by atomic mass is 9.84. The van der Waals surface area contributed by atoms with Crippen molar-refractivity contribution in [1.82, 2.24) is 4.90 Å². The molecule has 7 heteroatoms. The van der Waals surface area contributed by atoms with Gasteiger partial charge in [-0.05, 0) is 18.4 Å². The molecule has 0 aromatic rings. The number of hydrogen-bond donors (Lipinski definition) is 2. The first kappa shape index (κ1) is 12.6. The maximum Gasteiger partial charge on any atom is 0.352 e. The van der Waals surface area contributed by atoms with Crippen LogP contribution in [0.2, 0.25) is 0 Å². The molecule has 1 fully saturated rings. The van der Waals surface area contributed by atoms with Crippen molar-refractivity contribution < 1.29 is 24.2 Å². The standard InChI is InChI=1S/C11H14N2O5/c1-5(14)18-4-6-2-3-7-8(12)10(15)13(7)9(6)11(16)17/h7-8H,2-4,12H2,1H3,(H,16,17)/t7?,8-/m0/s1. The molecule has 0 bridgehead atoms. The second-order valence-corrected chi connectivity index (χ2v) is 4.38. The van der Waals surface area contributed by atoms with Crippen LogP contribution in [0.4, 0.5) is 0 Å². The van der Waals surface area contributed by atoms with E-state index in [4.69, 9.17) is 15.6 Å². The minimum absolute atomic E-state index is 0.0841. The van der Waals surface area contributed by atoms with Crippen molar-refractivity contribution in [3.8, 4) is 0 Å². The molecule has 2 aliphatic rings. The lowest BCUT2D eigenvalue weighted by Gasteiger charge is -2.48. The molecule has 0 radical (unpaired) electrons. The Labute approximate surface area is 103 Å². The number of carboxylic acid groups (broad SMARTS) is 1. The number of rotatable bonds is 3. The Bertz CT molecular complexity index is 456. The van der Waals surface area contributed by atoms with Crippen molar-refractivity contribution in [2.75, 3.05) is 6.61 Å². The van der Waals surface area contributed by atoms with Crippen molar-refractivity contribution >= 4 is 17.8 Å². The SMILES string of the molecule is CC(=O)OCC1=C(C(=O)O)N2C(=O)[C@@H](N)C2CC1. The van der Waals surface area contributed by atoms with Gasteiger partial charge in [-0.3, -0.25) is 14.5 Å². The first-order valence-electron chi connectivity index (χ1n) is 5.60. The van der Waals surface area contributed by atoms with Crippen LogP contribution in [0.1, 0.15) is 19.8 Å². The van der Waals surface area contributed by atoms with E-state index in [-0.39, 0.29) is 18.3 Å². The number of β-lactam (4-membered cyclic amide) rings is 1. The van der Waals surface area contributed by atoms with Gasteiger partial charge in [0, 0.05) is 6.92 Å². The van der Waals surface area contributed by atoms with E-state index in [9.17, 15) is 14.4 Å². The first-order chi connectivity index (χ1) is 8.43. The summed E-state index contributed by atoms with van der Waals surface area (Å²) in [4.78, 5) is 34.8. The third-order valence-corrected chi connectivity index (χ3v) is 3.24. The second-order valence-electron chi connectivity index (χ2n) is 4.38. The molecule has 18 heavy (non-hydrogen) atoms. The number of nitrogens with two attached hydrogens (primary N) is 1. The Morgan fingerprint density at radius 1 is 1.56 bits per heavy atom. The molecule has 7 nitrogen and oxygen atoms in total. The maximum atomic E-state index is 11.6. The quantitative estimate of drug-likeness (QED) is 0.505. The van der Waals surface area contributed by atoms with Crippen molar-refractivity contribution in [1.29, 1.82) is 0 Å². The average molecular weight is 254 g/mol. The number of hydrogen-bond acceptors (Lipinski definition) is 5. The van der Waals surface area contributed by atoms with Crippen LogP contribution in [0.15, 0.2) is 11.3 Å². The normalized spacial score (nSPS) is 26.6. The zero-order chi connectivity index (χ0) is 13.4. The summed E-state index contributed by atoms with van der Waals surface area (Å²) in [5.74, 6) is -2.07. The molecule has 0 aromatic heterocycles. The summed E-state index contributed by atoms with van der Waals surface area (Å²) in [5, 5.41) is 9.17. The highest BCUT2D eigenvalue weighted by Crippen LogP contribution is 2.35. The van der Waals surface area contributed by atoms with E-state index in [2.05, 4.69) is 0 Å². The molecule has 0 aromatic carbocycles. The van der Waals surface area contributed by atoms with E-state index in [0.717, 1.165) is 0 Å². The highest BCUT2D eigenvalue weighted by atomic mass is 16.5. The summed E-state index contributed by atoms with van der Waals surface area (Å²) in [6.45, 7) is 1.15. The fraction of sp³-hybridized carbons (Fsp3) is 0.545. The minimum Gasteiger partial charge on any atom is -0.477 e. The Hall–Kier alpha value is -1.89. The molecule has 0 aliphatic carbocycles. The summed E-state index contributed by atoms with van der Waals surface area (Å²) < 4.78 is 4.80. The van der Waals surface area contributed by atoms with Gasteiger partial charge in [-0.2, -0.15) is 0 Å². The van der Waals surface area contributed by atoms with Crippen LogP contribution in [0, 0.1) is 0 Å². The number of ether oxygens (including phenoxy) is 1. The summed E-state index contributed by atoms with van der Waals surface area (Å²) in [6.07, 6.45) is 1.07. The smallest absolute Gasteiger partial charge is 0.352 e. The molecule has 1 saturated heterocycles. The van der Waals surface area contributed by atoms with Gasteiger partial charge < -0.3 is 15.6 Å². The van der Waals surface area contributed by atoms with Crippen molar-refractivity contribution in [3.63, 3.8) is 0 Å². The van der Waals surface area contributed by atoms with Crippen LogP contribution in [-0.4, -0.2) is 46.5 Å². The van der Waals surface area contributed by atoms with E-state index in [1.165, 1.54) is 11.8 Å². The predicted molar refractivity (Wildman–Crippen MR) is 59.1 cm³/mol. The Morgan fingerprint density at radius 2 is 2.22 bits per heavy atom. The second kappa shape index (κ2) is 4.41. The lowest BCUT2D eigenvalue weighted by Crippen LogP contribution is -2.69. The van der Waals surface area contributed by atoms with Gasteiger partial charge in [-0.25, -0.2) is 4.79 Å². The van der Waals surface area contributed by atoms with Crippen LogP contribution in [0.5, 0.6) is 0 Å². The summed E-state index contributed by atoms with van der Waals surface area (Å²) in [6, 6.07) is -0.862. The number of aliphatic carboxylic acids is 1. The van der Waals surface area contributed by atoms with Gasteiger partial charge in [0.15, 0.2) is 0 Å². The molecule has 2 aliphatic heterocycles. The Morgan fingerprint density at radius 3 is 2.78 bits per heavy atom. The predicted octanol–water partition coefficient (Wildman–Crippen LogP) is -0.780. The fourth-order valence-electron chi connectivity index (χ4n) is 2.35. The van der Waals surface area contributed by atoms with E-state index in [0.29, 0.717) is 18.4 Å². The number of nitrogens with zero attached hydrogens (tertiary/aromatic N) is 1. The van der Waals surface area contributed by atoms with E-state index >= 15 is 0 Å². The number of carbonyl (C=O) groups is 3. The third-order valence-electron chi connectivity index (χ3n) is 3.24. The van der Waals surface area contributed by atoms with Crippen LogP contribution >= 0.6 is 0 Å². The number of amides is 1. The van der Waals surface area contributed by atoms with Gasteiger partial charge in [0.2, 0.25) is 5.91 Å². The Kier molecular flexibility index (Phi) is 3.08. The zero-order valence-electron chi connectivity index (χ0n) is 9.88. The fourth-order valence-corrected chi connectivity index (χ4v) is 2.35. The molecule has 0 spiro atoms. The van der Waals surface area contributed by atoms with Crippen molar-refractivity contribution in [2.24, 2.45) is 5.73 Å². The van der Waals surface area contributed by atoms with Crippen LogP contribution < -0.4 is 5.73 Å². The lowest BCUT2D eigenvalue weighted by molar-refractivity contribution is -0.153. The van der Waals surface area contributed by atoms with Crippen molar-refractivity contribution in [3.05, 3.63) is 11.3 Å². The monoisotopic (exact) mass is 254 g/mol. The number of esters is 1. The van der Waals surface area contributed by atoms with Crippen molar-refractivity contribution in [2.45, 2.75) is 31.8 Å².